The highest BCUT2D eigenvalue weighted by Gasteiger charge is 2.48. The number of halogens is 1. The van der Waals surface area contributed by atoms with Gasteiger partial charge in [0, 0.05) is 5.56 Å². The van der Waals surface area contributed by atoms with E-state index in [-0.39, 0.29) is 10.7 Å². The molecule has 3 N–H and O–H groups in total. The number of sulfone groups is 1. The van der Waals surface area contributed by atoms with Crippen LogP contribution in [0.3, 0.4) is 0 Å². The molecule has 0 heterocycles. The Morgan fingerprint density at radius 3 is 2.00 bits per heavy atom. The summed E-state index contributed by atoms with van der Waals surface area (Å²) < 4.78 is 39.1. The van der Waals surface area contributed by atoms with Crippen LogP contribution in [-0.4, -0.2) is 24.4 Å². The van der Waals surface area contributed by atoms with E-state index in [1.54, 1.807) is 42.5 Å². The van der Waals surface area contributed by atoms with Gasteiger partial charge in [0.1, 0.15) is 5.82 Å². The van der Waals surface area contributed by atoms with E-state index in [0.717, 1.165) is 0 Å². The molecule has 0 amide bonds. The molecule has 0 aliphatic carbocycles. The Morgan fingerprint density at radius 2 is 1.47 bits per heavy atom. The summed E-state index contributed by atoms with van der Waals surface area (Å²) >= 11 is 0. The third kappa shape index (κ3) is 4.25. The lowest BCUT2D eigenvalue weighted by Gasteiger charge is -2.22. The molecule has 0 bridgehead atoms. The van der Waals surface area contributed by atoms with Gasteiger partial charge in [0.15, 0.2) is 0 Å². The van der Waals surface area contributed by atoms with Crippen LogP contribution in [0.4, 0.5) is 4.39 Å². The quantitative estimate of drug-likeness (QED) is 0.613. The molecule has 0 fully saturated rings. The van der Waals surface area contributed by atoms with Crippen molar-refractivity contribution in [3.63, 3.8) is 0 Å². The van der Waals surface area contributed by atoms with E-state index in [9.17, 15) is 22.7 Å². The van der Waals surface area contributed by atoms with Gasteiger partial charge in [0.25, 0.3) is 0 Å². The second-order valence-corrected chi connectivity index (χ2v) is 8.78. The minimum absolute atomic E-state index is 0.236. The molecule has 0 saturated carbocycles. The van der Waals surface area contributed by atoms with Gasteiger partial charge in [-0.3, -0.25) is 0 Å². The van der Waals surface area contributed by atoms with Crippen LogP contribution in [0, 0.1) is 17.7 Å². The number of carbonyl (C=O) groups is 1. The zero-order valence-corrected chi connectivity index (χ0v) is 16.6. The molecule has 0 aliphatic rings. The number of aliphatic carboxylic acids is 1. The number of carboxylic acid groups (broad SMARTS) is 1. The SMILES string of the molecule is NC(CC#Cc1ccccc1)(C(=O)O)S(=O)(=O)c1ccc(-c2ccc(F)cc2)cc1. The molecule has 5 nitrogen and oxygen atoms in total. The fourth-order valence-electron chi connectivity index (χ4n) is 2.76. The lowest BCUT2D eigenvalue weighted by molar-refractivity contribution is -0.139. The van der Waals surface area contributed by atoms with Crippen molar-refractivity contribution >= 4 is 15.8 Å². The second-order valence-electron chi connectivity index (χ2n) is 6.57. The highest BCUT2D eigenvalue weighted by molar-refractivity contribution is 7.93. The summed E-state index contributed by atoms with van der Waals surface area (Å²) in [6.07, 6.45) is -0.584. The first-order valence-corrected chi connectivity index (χ1v) is 10.4. The van der Waals surface area contributed by atoms with Gasteiger partial charge in [-0.05, 0) is 47.5 Å². The van der Waals surface area contributed by atoms with Crippen molar-refractivity contribution in [1.82, 2.24) is 0 Å². The standard InChI is InChI=1S/C23H18FNO4S/c24-20-12-8-18(9-13-20)19-10-14-21(15-11-19)30(28,29)23(25,22(26)27)16-4-7-17-5-2-1-3-6-17/h1-3,5-6,8-15H,16,25H2,(H,26,27). The zero-order chi connectivity index (χ0) is 21.8. The fourth-order valence-corrected chi connectivity index (χ4v) is 4.17. The van der Waals surface area contributed by atoms with Crippen LogP contribution in [0.25, 0.3) is 11.1 Å². The number of carboxylic acids is 1. The summed E-state index contributed by atoms with van der Waals surface area (Å²) in [5.41, 5.74) is 7.80. The Labute approximate surface area is 173 Å². The molecule has 3 rings (SSSR count). The summed E-state index contributed by atoms with van der Waals surface area (Å²) in [7, 11) is -4.44. The van der Waals surface area contributed by atoms with Gasteiger partial charge in [0.2, 0.25) is 14.7 Å². The first-order chi connectivity index (χ1) is 14.2. The number of hydrogen-bond acceptors (Lipinski definition) is 4. The van der Waals surface area contributed by atoms with Crippen molar-refractivity contribution < 1.29 is 22.7 Å². The maximum absolute atomic E-state index is 13.1. The smallest absolute Gasteiger partial charge is 0.340 e. The molecule has 1 unspecified atom stereocenters. The number of rotatable bonds is 5. The lowest BCUT2D eigenvalue weighted by Crippen LogP contribution is -2.54. The normalized spacial score (nSPS) is 13.0. The van der Waals surface area contributed by atoms with Gasteiger partial charge in [0.05, 0.1) is 11.3 Å². The van der Waals surface area contributed by atoms with Gasteiger partial charge in [-0.1, -0.05) is 54.3 Å². The summed E-state index contributed by atoms with van der Waals surface area (Å²) in [5.74, 6) is 3.22. The molecule has 152 valence electrons. The first-order valence-electron chi connectivity index (χ1n) is 8.91. The first kappa shape index (κ1) is 21.2. The highest BCUT2D eigenvalue weighted by atomic mass is 32.2. The largest absolute Gasteiger partial charge is 0.479 e. The van der Waals surface area contributed by atoms with E-state index in [1.807, 2.05) is 0 Å². The minimum Gasteiger partial charge on any atom is -0.479 e. The molecule has 3 aromatic carbocycles. The number of hydrogen-bond donors (Lipinski definition) is 2. The Bertz CT molecular complexity index is 1210. The van der Waals surface area contributed by atoms with E-state index < -0.39 is 27.1 Å². The van der Waals surface area contributed by atoms with E-state index >= 15 is 0 Å². The molecule has 3 aromatic rings. The maximum atomic E-state index is 13.1. The van der Waals surface area contributed by atoms with Crippen LogP contribution in [0.1, 0.15) is 12.0 Å². The molecule has 1 atom stereocenters. The van der Waals surface area contributed by atoms with Gasteiger partial charge >= 0.3 is 5.97 Å². The van der Waals surface area contributed by atoms with Gasteiger partial charge in [-0.25, -0.2) is 17.6 Å². The third-order valence-corrected chi connectivity index (χ3v) is 6.71. The van der Waals surface area contributed by atoms with Crippen molar-refractivity contribution in [2.24, 2.45) is 5.73 Å². The van der Waals surface area contributed by atoms with Crippen molar-refractivity contribution in [2.75, 3.05) is 0 Å². The average Bonchev–Trinajstić information content (AvgIpc) is 2.75. The molecule has 0 radical (unpaired) electrons. The maximum Gasteiger partial charge on any atom is 0.340 e. The van der Waals surface area contributed by atoms with Gasteiger partial charge < -0.3 is 10.8 Å². The van der Waals surface area contributed by atoms with Crippen LogP contribution < -0.4 is 5.73 Å². The molecular weight excluding hydrogens is 405 g/mol. The molecule has 0 spiro atoms. The fraction of sp³-hybridized carbons (Fsp3) is 0.0870. The molecule has 0 saturated heterocycles. The molecular formula is C23H18FNO4S. The van der Waals surface area contributed by atoms with Crippen molar-refractivity contribution in [1.29, 1.82) is 0 Å². The zero-order valence-electron chi connectivity index (χ0n) is 15.7. The average molecular weight is 423 g/mol. The summed E-state index contributed by atoms with van der Waals surface area (Å²) in [6.45, 7) is 0. The summed E-state index contributed by atoms with van der Waals surface area (Å²) in [6, 6.07) is 20.0. The minimum atomic E-state index is -4.44. The van der Waals surface area contributed by atoms with E-state index in [2.05, 4.69) is 11.8 Å². The topological polar surface area (TPSA) is 97.5 Å². The summed E-state index contributed by atoms with van der Waals surface area (Å²) in [4.78, 5) is 8.96. The molecule has 0 aliphatic heterocycles. The van der Waals surface area contributed by atoms with Crippen molar-refractivity contribution in [3.8, 4) is 23.0 Å². The number of nitrogens with two attached hydrogens (primary N) is 1. The predicted octanol–water partition coefficient (Wildman–Crippen LogP) is 3.45. The summed E-state index contributed by atoms with van der Waals surface area (Å²) in [5, 5.41) is 9.58. The Hall–Kier alpha value is -3.47. The van der Waals surface area contributed by atoms with E-state index in [0.29, 0.717) is 16.7 Å². The van der Waals surface area contributed by atoms with E-state index in [1.165, 1.54) is 36.4 Å². The van der Waals surface area contributed by atoms with Crippen LogP contribution >= 0.6 is 0 Å². The van der Waals surface area contributed by atoms with Gasteiger partial charge in [-0.15, -0.1) is 0 Å². The molecule has 0 aromatic heterocycles. The predicted molar refractivity (Wildman–Crippen MR) is 112 cm³/mol. The Morgan fingerprint density at radius 1 is 0.933 bits per heavy atom. The van der Waals surface area contributed by atoms with Crippen molar-refractivity contribution in [3.05, 3.63) is 90.2 Å². The molecule has 30 heavy (non-hydrogen) atoms. The van der Waals surface area contributed by atoms with E-state index in [4.69, 9.17) is 5.73 Å². The highest BCUT2D eigenvalue weighted by Crippen LogP contribution is 2.28. The monoisotopic (exact) mass is 423 g/mol. The van der Waals surface area contributed by atoms with Crippen LogP contribution in [-0.2, 0) is 14.6 Å². The Balaban J connectivity index is 1.91. The third-order valence-electron chi connectivity index (χ3n) is 4.54. The van der Waals surface area contributed by atoms with Gasteiger partial charge in [-0.2, -0.15) is 0 Å². The number of benzene rings is 3. The Kier molecular flexibility index (Phi) is 6.01. The van der Waals surface area contributed by atoms with Crippen LogP contribution in [0.15, 0.2) is 83.8 Å². The van der Waals surface area contributed by atoms with Crippen molar-refractivity contribution in [2.45, 2.75) is 16.2 Å². The second kappa shape index (κ2) is 8.49. The lowest BCUT2D eigenvalue weighted by atomic mass is 10.1. The van der Waals surface area contributed by atoms with Crippen LogP contribution in [0.5, 0.6) is 0 Å². The molecule has 7 heteroatoms. The van der Waals surface area contributed by atoms with Crippen LogP contribution in [0.2, 0.25) is 0 Å².